The highest BCUT2D eigenvalue weighted by Crippen LogP contribution is 2.15. The number of amides is 1. The van der Waals surface area contributed by atoms with E-state index in [1.54, 1.807) is 6.08 Å². The molecule has 0 rings (SSSR count). The van der Waals surface area contributed by atoms with Crippen LogP contribution in [0.4, 0.5) is 0 Å². The molecule has 0 saturated heterocycles. The monoisotopic (exact) mass is 836 g/mol. The fourth-order valence-corrected chi connectivity index (χ4v) is 6.95. The summed E-state index contributed by atoms with van der Waals surface area (Å²) in [6.45, 7) is 6.28. The van der Waals surface area contributed by atoms with Crippen LogP contribution in [0.5, 0.6) is 0 Å². The van der Waals surface area contributed by atoms with Gasteiger partial charge < -0.3 is 20.3 Å². The van der Waals surface area contributed by atoms with Crippen molar-refractivity contribution in [3.8, 4) is 0 Å². The maximum Gasteiger partial charge on any atom is 0.306 e. The van der Waals surface area contributed by atoms with Crippen molar-refractivity contribution in [3.05, 3.63) is 85.1 Å². The van der Waals surface area contributed by atoms with Crippen molar-refractivity contribution < 1.29 is 24.5 Å². The molecule has 6 nitrogen and oxygen atoms in total. The quantitative estimate of drug-likeness (QED) is 0.0323. The number of esters is 1. The van der Waals surface area contributed by atoms with Gasteiger partial charge in [0.15, 0.2) is 0 Å². The van der Waals surface area contributed by atoms with E-state index in [1.807, 2.05) is 6.08 Å². The number of hydrogen-bond acceptors (Lipinski definition) is 5. The zero-order chi connectivity index (χ0) is 43.8. The number of hydrogen-bond donors (Lipinski definition) is 3. The van der Waals surface area contributed by atoms with Gasteiger partial charge in [-0.05, 0) is 83.1 Å². The van der Waals surface area contributed by atoms with E-state index in [4.69, 9.17) is 4.74 Å². The van der Waals surface area contributed by atoms with Gasteiger partial charge in [0.05, 0.1) is 25.2 Å². The fourth-order valence-electron chi connectivity index (χ4n) is 6.95. The highest BCUT2D eigenvalue weighted by atomic mass is 16.5. The molecular weight excluding hydrogens is 743 g/mol. The van der Waals surface area contributed by atoms with Crippen LogP contribution in [0.2, 0.25) is 0 Å². The second-order valence-electron chi connectivity index (χ2n) is 16.5. The van der Waals surface area contributed by atoms with Gasteiger partial charge >= 0.3 is 5.97 Å². The topological polar surface area (TPSA) is 95.9 Å². The fraction of sp³-hybridized carbons (Fsp3) is 0.704. The summed E-state index contributed by atoms with van der Waals surface area (Å²) >= 11 is 0. The molecule has 3 atom stereocenters. The number of rotatable bonds is 43. The summed E-state index contributed by atoms with van der Waals surface area (Å²) in [5, 5.41) is 23.6. The maximum absolute atomic E-state index is 13.1. The zero-order valence-corrected chi connectivity index (χ0v) is 39.1. The van der Waals surface area contributed by atoms with Gasteiger partial charge in [-0.2, -0.15) is 0 Å². The van der Waals surface area contributed by atoms with Crippen molar-refractivity contribution in [2.75, 3.05) is 6.61 Å². The van der Waals surface area contributed by atoms with Crippen molar-refractivity contribution in [2.24, 2.45) is 0 Å². The molecule has 0 aromatic carbocycles. The molecule has 0 aliphatic heterocycles. The molecule has 1 amide bonds. The van der Waals surface area contributed by atoms with E-state index in [0.29, 0.717) is 19.3 Å². The first-order valence-corrected chi connectivity index (χ1v) is 24.8. The number of ether oxygens (including phenoxy) is 1. The van der Waals surface area contributed by atoms with E-state index in [2.05, 4.69) is 99.0 Å². The lowest BCUT2D eigenvalue weighted by Gasteiger charge is -2.23. The van der Waals surface area contributed by atoms with Crippen LogP contribution in [0.25, 0.3) is 0 Å². The third kappa shape index (κ3) is 41.8. The highest BCUT2D eigenvalue weighted by Gasteiger charge is 2.23. The van der Waals surface area contributed by atoms with Crippen molar-refractivity contribution in [1.82, 2.24) is 5.32 Å². The van der Waals surface area contributed by atoms with Crippen LogP contribution in [-0.2, 0) is 14.3 Å². The third-order valence-corrected chi connectivity index (χ3v) is 10.7. The Bertz CT molecular complexity index is 1160. The second-order valence-corrected chi connectivity index (χ2v) is 16.5. The van der Waals surface area contributed by atoms with Gasteiger partial charge in [-0.25, -0.2) is 0 Å². The minimum Gasteiger partial charge on any atom is -0.458 e. The molecule has 0 heterocycles. The molecule has 344 valence electrons. The third-order valence-electron chi connectivity index (χ3n) is 10.7. The van der Waals surface area contributed by atoms with Crippen molar-refractivity contribution in [1.29, 1.82) is 0 Å². The number of nitrogens with one attached hydrogen (secondary N) is 1. The van der Waals surface area contributed by atoms with E-state index in [0.717, 1.165) is 77.0 Å². The van der Waals surface area contributed by atoms with Crippen LogP contribution in [0.3, 0.4) is 0 Å². The van der Waals surface area contributed by atoms with E-state index in [1.165, 1.54) is 96.3 Å². The normalized spacial score (nSPS) is 14.0. The summed E-state index contributed by atoms with van der Waals surface area (Å²) in [6, 6.07) is -0.746. The minimum absolute atomic E-state index is 0.0527. The van der Waals surface area contributed by atoms with Crippen LogP contribution in [0.15, 0.2) is 85.1 Å². The Morgan fingerprint density at radius 3 is 1.45 bits per heavy atom. The molecule has 3 N–H and O–H groups in total. The van der Waals surface area contributed by atoms with Gasteiger partial charge in [-0.1, -0.05) is 209 Å². The molecule has 6 heteroatoms. The molecular formula is C54H93NO5. The number of allylic oxidation sites excluding steroid dienone is 13. The lowest BCUT2D eigenvalue weighted by Crippen LogP contribution is -2.46. The number of aliphatic hydroxyl groups excluding tert-OH is 2. The summed E-state index contributed by atoms with van der Waals surface area (Å²) in [6.07, 6.45) is 61.0. The molecule has 0 aliphatic carbocycles. The Morgan fingerprint density at radius 2 is 0.933 bits per heavy atom. The lowest BCUT2D eigenvalue weighted by molar-refractivity contribution is -0.148. The number of carbonyl (C=O) groups excluding carboxylic acids is 2. The van der Waals surface area contributed by atoms with Crippen LogP contribution < -0.4 is 5.32 Å². The Hall–Kier alpha value is -2.96. The molecule has 0 aromatic rings. The van der Waals surface area contributed by atoms with Crippen molar-refractivity contribution in [2.45, 2.75) is 238 Å². The molecule has 0 radical (unpaired) electrons. The first-order valence-electron chi connectivity index (χ1n) is 24.8. The molecule has 0 fully saturated rings. The zero-order valence-electron chi connectivity index (χ0n) is 39.1. The Balaban J connectivity index is 4.74. The molecule has 0 aromatic heterocycles. The SMILES string of the molecule is CC/C=C/C/C=C/C/C=C/C/C=C/C/C=C/C(CC(=O)NC(CO)C(O)CCCCCCCCCCCC)OC(=O)CCCCCCCCC/C=C\C/C=C\CCCCC. The van der Waals surface area contributed by atoms with Crippen LogP contribution >= 0.6 is 0 Å². The van der Waals surface area contributed by atoms with Crippen molar-refractivity contribution >= 4 is 11.9 Å². The molecule has 0 spiro atoms. The van der Waals surface area contributed by atoms with Crippen LogP contribution in [0, 0.1) is 0 Å². The van der Waals surface area contributed by atoms with Crippen LogP contribution in [-0.4, -0.2) is 46.9 Å². The molecule has 0 aliphatic rings. The molecule has 0 bridgehead atoms. The first kappa shape index (κ1) is 57.0. The number of unbranched alkanes of at least 4 members (excludes halogenated alkanes) is 19. The smallest absolute Gasteiger partial charge is 0.306 e. The maximum atomic E-state index is 13.1. The van der Waals surface area contributed by atoms with E-state index >= 15 is 0 Å². The van der Waals surface area contributed by atoms with Crippen LogP contribution in [0.1, 0.15) is 220 Å². The van der Waals surface area contributed by atoms with Gasteiger partial charge in [0.2, 0.25) is 5.91 Å². The van der Waals surface area contributed by atoms with Gasteiger partial charge in [0, 0.05) is 6.42 Å². The summed E-state index contributed by atoms with van der Waals surface area (Å²) in [5.74, 6) is -0.643. The summed E-state index contributed by atoms with van der Waals surface area (Å²) in [4.78, 5) is 26.0. The van der Waals surface area contributed by atoms with Crippen molar-refractivity contribution in [3.63, 3.8) is 0 Å². The largest absolute Gasteiger partial charge is 0.458 e. The highest BCUT2D eigenvalue weighted by molar-refractivity contribution is 5.78. The summed E-state index contributed by atoms with van der Waals surface area (Å²) in [7, 11) is 0. The predicted molar refractivity (Wildman–Crippen MR) is 259 cm³/mol. The number of carbonyl (C=O) groups is 2. The van der Waals surface area contributed by atoms with Gasteiger partial charge in [0.25, 0.3) is 0 Å². The molecule has 0 saturated carbocycles. The first-order chi connectivity index (χ1) is 29.5. The van der Waals surface area contributed by atoms with E-state index in [-0.39, 0.29) is 24.9 Å². The Kier molecular flexibility index (Phi) is 44.8. The second kappa shape index (κ2) is 47.1. The summed E-state index contributed by atoms with van der Waals surface area (Å²) < 4.78 is 5.81. The Labute approximate surface area is 370 Å². The van der Waals surface area contributed by atoms with Gasteiger partial charge in [-0.15, -0.1) is 0 Å². The predicted octanol–water partition coefficient (Wildman–Crippen LogP) is 14.8. The average molecular weight is 836 g/mol. The van der Waals surface area contributed by atoms with E-state index < -0.39 is 18.2 Å². The average Bonchev–Trinajstić information content (AvgIpc) is 3.24. The summed E-state index contributed by atoms with van der Waals surface area (Å²) in [5.41, 5.74) is 0. The number of aliphatic hydroxyl groups is 2. The van der Waals surface area contributed by atoms with Gasteiger partial charge in [0.1, 0.15) is 6.10 Å². The molecule has 60 heavy (non-hydrogen) atoms. The standard InChI is InChI=1S/C54H93NO5/c1-4-7-10-13-16-19-22-24-26-27-28-30-32-35-38-41-44-47-54(59)60-50(45-42-39-36-33-31-29-25-23-20-17-14-11-8-5-2)48-53(58)55-51(49-56)52(57)46-43-40-37-34-21-18-15-12-9-6-3/h8,11,16-17,19-20,24-26,29,33,36,42,45,50-52,56-57H,4-7,9-10,12-15,18,21-23,27-28,30-32,34-35,37-41,43-44,46-49H2,1-3H3,(H,55,58)/b11-8+,19-16-,20-17+,26-24-,29-25+,36-33+,45-42+. The van der Waals surface area contributed by atoms with E-state index in [9.17, 15) is 19.8 Å². The molecule has 3 unspecified atom stereocenters. The lowest BCUT2D eigenvalue weighted by atomic mass is 10.0. The minimum atomic E-state index is -0.822. The Morgan fingerprint density at radius 1 is 0.517 bits per heavy atom. The van der Waals surface area contributed by atoms with Gasteiger partial charge in [-0.3, -0.25) is 9.59 Å².